The van der Waals surface area contributed by atoms with Crippen LogP contribution in [0.15, 0.2) is 15.8 Å². The maximum atomic E-state index is 12.1. The first kappa shape index (κ1) is 16.3. The Morgan fingerprint density at radius 2 is 1.91 bits per heavy atom. The Kier molecular flexibility index (Phi) is 5.80. The van der Waals surface area contributed by atoms with Crippen LogP contribution in [-0.2, 0) is 11.3 Å². The standard InChI is InChI=1S/C15H23N3O4/c1-22-12-9-18(15(21)17-14(12)20)10-13(19)16-11-7-5-3-2-4-6-8-11/h9,11H,2-8,10H2,1H3,(H,16,19)(H,17,20,21). The van der Waals surface area contributed by atoms with E-state index < -0.39 is 11.2 Å². The topological polar surface area (TPSA) is 93.2 Å². The van der Waals surface area contributed by atoms with Gasteiger partial charge in [0.05, 0.1) is 13.3 Å². The van der Waals surface area contributed by atoms with Crippen molar-refractivity contribution in [2.24, 2.45) is 0 Å². The molecule has 7 nitrogen and oxygen atoms in total. The number of amides is 1. The van der Waals surface area contributed by atoms with E-state index >= 15 is 0 Å². The number of rotatable bonds is 4. The number of hydrogen-bond donors (Lipinski definition) is 2. The van der Waals surface area contributed by atoms with Crippen LogP contribution in [0.3, 0.4) is 0 Å². The predicted octanol–water partition coefficient (Wildman–Crippen LogP) is 0.774. The Bertz CT molecular complexity index is 612. The summed E-state index contributed by atoms with van der Waals surface area (Å²) in [5.74, 6) is -0.208. The van der Waals surface area contributed by atoms with Crippen LogP contribution in [0.5, 0.6) is 5.75 Å². The van der Waals surface area contributed by atoms with E-state index in [1.807, 2.05) is 0 Å². The van der Waals surface area contributed by atoms with Crippen molar-refractivity contribution in [3.8, 4) is 5.75 Å². The molecule has 2 rings (SSSR count). The van der Waals surface area contributed by atoms with Gasteiger partial charge in [-0.05, 0) is 12.8 Å². The first-order chi connectivity index (χ1) is 10.6. The molecule has 0 aromatic carbocycles. The highest BCUT2D eigenvalue weighted by Crippen LogP contribution is 2.17. The van der Waals surface area contributed by atoms with Crippen LogP contribution in [0, 0.1) is 0 Å². The van der Waals surface area contributed by atoms with Crippen molar-refractivity contribution in [3.63, 3.8) is 0 Å². The Balaban J connectivity index is 1.99. The molecule has 0 atom stereocenters. The summed E-state index contributed by atoms with van der Waals surface area (Å²) in [6.07, 6.45) is 9.16. The fourth-order valence-electron chi connectivity index (χ4n) is 2.78. The number of ether oxygens (including phenoxy) is 1. The lowest BCUT2D eigenvalue weighted by Gasteiger charge is -2.21. The first-order valence-corrected chi connectivity index (χ1v) is 7.77. The third-order valence-corrected chi connectivity index (χ3v) is 3.98. The highest BCUT2D eigenvalue weighted by Gasteiger charge is 2.15. The maximum Gasteiger partial charge on any atom is 0.329 e. The van der Waals surface area contributed by atoms with Gasteiger partial charge < -0.3 is 10.1 Å². The molecule has 0 bridgehead atoms. The number of carbonyl (C=O) groups excluding carboxylic acids is 1. The summed E-state index contributed by atoms with van der Waals surface area (Å²) in [7, 11) is 1.34. The Morgan fingerprint density at radius 1 is 1.27 bits per heavy atom. The van der Waals surface area contributed by atoms with Gasteiger partial charge in [0.2, 0.25) is 11.7 Å². The van der Waals surface area contributed by atoms with Crippen molar-refractivity contribution in [3.05, 3.63) is 27.0 Å². The maximum absolute atomic E-state index is 12.1. The minimum absolute atomic E-state index is 0.0124. The smallest absolute Gasteiger partial charge is 0.329 e. The third-order valence-electron chi connectivity index (χ3n) is 3.98. The van der Waals surface area contributed by atoms with Gasteiger partial charge in [0.25, 0.3) is 5.56 Å². The molecule has 1 fully saturated rings. The minimum atomic E-state index is -0.612. The average molecular weight is 309 g/mol. The number of hydrogen-bond acceptors (Lipinski definition) is 4. The third kappa shape index (κ3) is 4.47. The van der Waals surface area contributed by atoms with Gasteiger partial charge >= 0.3 is 5.69 Å². The Labute approximate surface area is 128 Å². The van der Waals surface area contributed by atoms with E-state index in [-0.39, 0.29) is 24.2 Å². The lowest BCUT2D eigenvalue weighted by Crippen LogP contribution is -2.40. The molecule has 0 spiro atoms. The number of nitrogens with zero attached hydrogens (tertiary/aromatic N) is 1. The molecule has 1 aromatic heterocycles. The predicted molar refractivity (Wildman–Crippen MR) is 82.1 cm³/mol. The SMILES string of the molecule is COc1cn(CC(=O)NC2CCCCCCC2)c(=O)[nH]c1=O. The second-order valence-corrected chi connectivity index (χ2v) is 5.69. The molecule has 1 aliphatic rings. The fourth-order valence-corrected chi connectivity index (χ4v) is 2.78. The lowest BCUT2D eigenvalue weighted by atomic mass is 9.97. The van der Waals surface area contributed by atoms with Crippen molar-refractivity contribution in [1.29, 1.82) is 0 Å². The highest BCUT2D eigenvalue weighted by atomic mass is 16.5. The van der Waals surface area contributed by atoms with E-state index in [0.717, 1.165) is 30.3 Å². The molecule has 2 N–H and O–H groups in total. The largest absolute Gasteiger partial charge is 0.490 e. The van der Waals surface area contributed by atoms with Gasteiger partial charge in [-0.1, -0.05) is 32.1 Å². The van der Waals surface area contributed by atoms with Crippen molar-refractivity contribution >= 4 is 5.91 Å². The molecule has 7 heteroatoms. The molecule has 1 amide bonds. The number of carbonyl (C=O) groups is 1. The number of methoxy groups -OCH3 is 1. The molecule has 1 saturated carbocycles. The Hall–Kier alpha value is -2.05. The molecular weight excluding hydrogens is 286 g/mol. The van der Waals surface area contributed by atoms with E-state index in [4.69, 9.17) is 4.74 Å². The minimum Gasteiger partial charge on any atom is -0.490 e. The van der Waals surface area contributed by atoms with E-state index in [9.17, 15) is 14.4 Å². The summed E-state index contributed by atoms with van der Waals surface area (Å²) in [6, 6.07) is 0.174. The number of H-pyrrole nitrogens is 1. The zero-order valence-corrected chi connectivity index (χ0v) is 12.9. The number of nitrogens with one attached hydrogen (secondary N) is 2. The highest BCUT2D eigenvalue weighted by molar-refractivity contribution is 5.76. The van der Waals surface area contributed by atoms with Gasteiger partial charge in [0.1, 0.15) is 6.54 Å². The van der Waals surface area contributed by atoms with Crippen molar-refractivity contribution in [1.82, 2.24) is 14.9 Å². The molecule has 0 saturated heterocycles. The number of aromatic nitrogens is 2. The van der Waals surface area contributed by atoms with Gasteiger partial charge in [0.15, 0.2) is 0 Å². The second kappa shape index (κ2) is 7.82. The molecule has 1 aliphatic carbocycles. The Morgan fingerprint density at radius 3 is 2.55 bits per heavy atom. The molecule has 0 aliphatic heterocycles. The van der Waals surface area contributed by atoms with Gasteiger partial charge in [-0.2, -0.15) is 0 Å². The van der Waals surface area contributed by atoms with E-state index in [1.165, 1.54) is 32.6 Å². The lowest BCUT2D eigenvalue weighted by molar-refractivity contribution is -0.122. The van der Waals surface area contributed by atoms with Crippen molar-refractivity contribution in [2.75, 3.05) is 7.11 Å². The van der Waals surface area contributed by atoms with Gasteiger partial charge in [-0.25, -0.2) is 4.79 Å². The summed E-state index contributed by atoms with van der Waals surface area (Å²) in [6.45, 7) is -0.123. The quantitative estimate of drug-likeness (QED) is 0.859. The molecule has 0 radical (unpaired) electrons. The summed E-state index contributed by atoms with van der Waals surface area (Å²) in [5.41, 5.74) is -1.21. The zero-order valence-electron chi connectivity index (χ0n) is 12.9. The van der Waals surface area contributed by atoms with Gasteiger partial charge in [-0.3, -0.25) is 19.1 Å². The monoisotopic (exact) mass is 309 g/mol. The summed E-state index contributed by atoms with van der Waals surface area (Å²) in [4.78, 5) is 37.4. The van der Waals surface area contributed by atoms with Crippen molar-refractivity contribution < 1.29 is 9.53 Å². The van der Waals surface area contributed by atoms with Crippen molar-refractivity contribution in [2.45, 2.75) is 57.5 Å². The molecule has 1 heterocycles. The van der Waals surface area contributed by atoms with E-state index in [0.29, 0.717) is 0 Å². The van der Waals surface area contributed by atoms with Gasteiger partial charge in [0, 0.05) is 6.04 Å². The molecule has 0 unspecified atom stereocenters. The van der Waals surface area contributed by atoms with Crippen LogP contribution in [0.4, 0.5) is 0 Å². The normalized spacial score (nSPS) is 16.6. The van der Waals surface area contributed by atoms with Crippen LogP contribution in [0.1, 0.15) is 44.9 Å². The van der Waals surface area contributed by atoms with Crippen LogP contribution in [0.25, 0.3) is 0 Å². The van der Waals surface area contributed by atoms with E-state index in [1.54, 1.807) is 0 Å². The first-order valence-electron chi connectivity index (χ1n) is 7.77. The van der Waals surface area contributed by atoms with Crippen LogP contribution in [0.2, 0.25) is 0 Å². The number of aromatic amines is 1. The zero-order chi connectivity index (χ0) is 15.9. The van der Waals surface area contributed by atoms with Crippen LogP contribution < -0.4 is 21.3 Å². The molecule has 1 aromatic rings. The fraction of sp³-hybridized carbons (Fsp3) is 0.667. The summed E-state index contributed by atoms with van der Waals surface area (Å²) in [5, 5.41) is 2.98. The van der Waals surface area contributed by atoms with E-state index in [2.05, 4.69) is 10.3 Å². The molecule has 122 valence electrons. The van der Waals surface area contributed by atoms with Crippen LogP contribution in [-0.4, -0.2) is 28.6 Å². The molecule has 22 heavy (non-hydrogen) atoms. The van der Waals surface area contributed by atoms with Crippen LogP contribution >= 0.6 is 0 Å². The summed E-state index contributed by atoms with van der Waals surface area (Å²) >= 11 is 0. The second-order valence-electron chi connectivity index (χ2n) is 5.69. The average Bonchev–Trinajstić information content (AvgIpc) is 2.44. The van der Waals surface area contributed by atoms with Gasteiger partial charge in [-0.15, -0.1) is 0 Å². The molecular formula is C15H23N3O4. The summed E-state index contributed by atoms with van der Waals surface area (Å²) < 4.78 is 6.02.